The summed E-state index contributed by atoms with van der Waals surface area (Å²) in [6.45, 7) is 1.86. The van der Waals surface area contributed by atoms with Gasteiger partial charge >= 0.3 is 5.97 Å². The largest absolute Gasteiger partial charge is 0.478 e. The Morgan fingerprint density at radius 3 is 2.62 bits per heavy atom. The molecule has 0 saturated heterocycles. The number of hydrogen-bond donors (Lipinski definition) is 2. The van der Waals surface area contributed by atoms with Crippen LogP contribution < -0.4 is 0 Å². The fourth-order valence-electron chi connectivity index (χ4n) is 0.978. The first kappa shape index (κ1) is 9.86. The molecule has 0 unspecified atom stereocenters. The first-order valence-electron chi connectivity index (χ1n) is 3.84. The minimum absolute atomic E-state index is 0.283. The van der Waals surface area contributed by atoms with Crippen LogP contribution in [0, 0.1) is 0 Å². The zero-order valence-corrected chi connectivity index (χ0v) is 8.08. The predicted molar refractivity (Wildman–Crippen MR) is 56.0 cm³/mol. The maximum Gasteiger partial charge on any atom is 0.335 e. The van der Waals surface area contributed by atoms with Gasteiger partial charge in [-0.2, -0.15) is 0 Å². The van der Waals surface area contributed by atoms with Crippen molar-refractivity contribution < 1.29 is 9.90 Å². The van der Waals surface area contributed by atoms with Crippen LogP contribution in [0.25, 0.3) is 4.91 Å². The van der Waals surface area contributed by atoms with Gasteiger partial charge in [0.1, 0.15) is 0 Å². The zero-order chi connectivity index (χ0) is 9.84. The monoisotopic (exact) mass is 194 g/mol. The van der Waals surface area contributed by atoms with Gasteiger partial charge < -0.3 is 5.11 Å². The minimum Gasteiger partial charge on any atom is -0.478 e. The van der Waals surface area contributed by atoms with Crippen molar-refractivity contribution in [1.82, 2.24) is 0 Å². The molecule has 3 heteroatoms. The van der Waals surface area contributed by atoms with E-state index in [1.807, 2.05) is 19.1 Å². The Bertz CT molecular complexity index is 356. The van der Waals surface area contributed by atoms with Crippen molar-refractivity contribution in [2.24, 2.45) is 0 Å². The van der Waals surface area contributed by atoms with E-state index >= 15 is 0 Å². The maximum absolute atomic E-state index is 10.6. The topological polar surface area (TPSA) is 37.3 Å². The maximum atomic E-state index is 10.6. The van der Waals surface area contributed by atoms with Crippen LogP contribution in [0.1, 0.15) is 22.8 Å². The average Bonchev–Trinajstić information content (AvgIpc) is 2.17. The van der Waals surface area contributed by atoms with Crippen LogP contribution in [0.3, 0.4) is 0 Å². The van der Waals surface area contributed by atoms with Gasteiger partial charge in [-0.25, -0.2) is 4.79 Å². The molecule has 1 aromatic rings. The van der Waals surface area contributed by atoms with Gasteiger partial charge in [0, 0.05) is 4.91 Å². The molecule has 1 aromatic carbocycles. The van der Waals surface area contributed by atoms with E-state index in [1.54, 1.807) is 18.2 Å². The average molecular weight is 194 g/mol. The molecule has 0 heterocycles. The van der Waals surface area contributed by atoms with Gasteiger partial charge in [0.2, 0.25) is 0 Å². The minimum atomic E-state index is -0.918. The SMILES string of the molecule is C/C=C(\S)c1cccc(C(=O)O)c1. The number of rotatable bonds is 2. The number of carboxylic acids is 1. The molecule has 0 saturated carbocycles. The summed E-state index contributed by atoms with van der Waals surface area (Å²) in [6, 6.07) is 6.69. The van der Waals surface area contributed by atoms with Crippen molar-refractivity contribution in [3.8, 4) is 0 Å². The van der Waals surface area contributed by atoms with Crippen molar-refractivity contribution in [2.45, 2.75) is 6.92 Å². The molecule has 13 heavy (non-hydrogen) atoms. The zero-order valence-electron chi connectivity index (χ0n) is 7.19. The Kier molecular flexibility index (Phi) is 3.14. The van der Waals surface area contributed by atoms with Gasteiger partial charge in [-0.15, -0.1) is 12.6 Å². The van der Waals surface area contributed by atoms with Crippen LogP contribution in [0.4, 0.5) is 0 Å². The smallest absolute Gasteiger partial charge is 0.335 e. The first-order chi connectivity index (χ1) is 6.15. The van der Waals surface area contributed by atoms with Gasteiger partial charge in [-0.3, -0.25) is 0 Å². The predicted octanol–water partition coefficient (Wildman–Crippen LogP) is 2.68. The van der Waals surface area contributed by atoms with Crippen LogP contribution in [-0.4, -0.2) is 11.1 Å². The Morgan fingerprint density at radius 2 is 2.08 bits per heavy atom. The summed E-state index contributed by atoms with van der Waals surface area (Å²) in [5.41, 5.74) is 1.11. The van der Waals surface area contributed by atoms with Gasteiger partial charge in [0.15, 0.2) is 0 Å². The molecule has 0 fully saturated rings. The fourth-order valence-corrected chi connectivity index (χ4v) is 1.12. The van der Waals surface area contributed by atoms with Crippen molar-refractivity contribution in [3.63, 3.8) is 0 Å². The molecular formula is C10H10O2S. The van der Waals surface area contributed by atoms with Gasteiger partial charge in [0.25, 0.3) is 0 Å². The van der Waals surface area contributed by atoms with E-state index in [0.29, 0.717) is 0 Å². The highest BCUT2D eigenvalue weighted by Crippen LogP contribution is 2.18. The molecule has 0 spiro atoms. The second-order valence-electron chi connectivity index (χ2n) is 2.56. The first-order valence-corrected chi connectivity index (χ1v) is 4.29. The van der Waals surface area contributed by atoms with Crippen LogP contribution in [-0.2, 0) is 0 Å². The molecule has 0 aromatic heterocycles. The molecule has 0 aliphatic rings. The van der Waals surface area contributed by atoms with Crippen LogP contribution in [0.2, 0.25) is 0 Å². The highest BCUT2D eigenvalue weighted by molar-refractivity contribution is 7.90. The summed E-state index contributed by atoms with van der Waals surface area (Å²) in [5, 5.41) is 8.72. The third-order valence-corrected chi connectivity index (χ3v) is 2.20. The van der Waals surface area contributed by atoms with E-state index in [2.05, 4.69) is 12.6 Å². The lowest BCUT2D eigenvalue weighted by atomic mass is 10.1. The molecule has 0 radical (unpaired) electrons. The highest BCUT2D eigenvalue weighted by atomic mass is 32.1. The molecule has 2 nitrogen and oxygen atoms in total. The second-order valence-corrected chi connectivity index (χ2v) is 3.04. The Morgan fingerprint density at radius 1 is 1.46 bits per heavy atom. The lowest BCUT2D eigenvalue weighted by Gasteiger charge is -2.00. The van der Waals surface area contributed by atoms with E-state index in [4.69, 9.17) is 5.11 Å². The van der Waals surface area contributed by atoms with Gasteiger partial charge in [0.05, 0.1) is 5.56 Å². The molecular weight excluding hydrogens is 184 g/mol. The van der Waals surface area contributed by atoms with Crippen molar-refractivity contribution in [1.29, 1.82) is 0 Å². The molecule has 0 aliphatic heterocycles. The van der Waals surface area contributed by atoms with E-state index in [9.17, 15) is 4.79 Å². The molecule has 0 bridgehead atoms. The lowest BCUT2D eigenvalue weighted by Crippen LogP contribution is -1.95. The second kappa shape index (κ2) is 4.14. The van der Waals surface area contributed by atoms with E-state index in [0.717, 1.165) is 10.5 Å². The van der Waals surface area contributed by atoms with Gasteiger partial charge in [-0.1, -0.05) is 18.2 Å². The fraction of sp³-hybridized carbons (Fsp3) is 0.100. The summed E-state index contributed by atoms with van der Waals surface area (Å²) >= 11 is 4.20. The van der Waals surface area contributed by atoms with E-state index in [-0.39, 0.29) is 5.56 Å². The van der Waals surface area contributed by atoms with Crippen LogP contribution >= 0.6 is 12.6 Å². The van der Waals surface area contributed by atoms with E-state index in [1.165, 1.54) is 0 Å². The molecule has 68 valence electrons. The van der Waals surface area contributed by atoms with Gasteiger partial charge in [-0.05, 0) is 24.6 Å². The quantitative estimate of drug-likeness (QED) is 0.710. The Balaban J connectivity index is 3.13. The summed E-state index contributed by atoms with van der Waals surface area (Å²) in [6.07, 6.45) is 1.82. The highest BCUT2D eigenvalue weighted by Gasteiger charge is 2.03. The summed E-state index contributed by atoms with van der Waals surface area (Å²) in [7, 11) is 0. The standard InChI is InChI=1S/C10H10O2S/c1-2-9(13)7-4-3-5-8(6-7)10(11)12/h2-6,13H,1H3,(H,11,12)/b9-2-. The van der Waals surface area contributed by atoms with Crippen LogP contribution in [0.5, 0.6) is 0 Å². The summed E-state index contributed by atoms with van der Waals surface area (Å²) in [4.78, 5) is 11.4. The number of aromatic carboxylic acids is 1. The number of carboxylic acid groups (broad SMARTS) is 1. The molecule has 1 N–H and O–H groups in total. The Labute approximate surface area is 82.3 Å². The third-order valence-electron chi connectivity index (χ3n) is 1.68. The summed E-state index contributed by atoms with van der Waals surface area (Å²) in [5.74, 6) is -0.918. The lowest BCUT2D eigenvalue weighted by molar-refractivity contribution is 0.0697. The van der Waals surface area contributed by atoms with Crippen molar-refractivity contribution in [3.05, 3.63) is 41.5 Å². The van der Waals surface area contributed by atoms with Crippen molar-refractivity contribution >= 4 is 23.5 Å². The third kappa shape index (κ3) is 2.36. The Hall–Kier alpha value is -1.22. The molecule has 0 atom stereocenters. The molecule has 1 rings (SSSR count). The van der Waals surface area contributed by atoms with Crippen molar-refractivity contribution in [2.75, 3.05) is 0 Å². The summed E-state index contributed by atoms with van der Waals surface area (Å²) < 4.78 is 0. The van der Waals surface area contributed by atoms with E-state index < -0.39 is 5.97 Å². The number of carbonyl (C=O) groups is 1. The number of allylic oxidation sites excluding steroid dienone is 1. The normalized spacial score (nSPS) is 11.4. The number of thiol groups is 1. The number of benzene rings is 1. The molecule has 0 aliphatic carbocycles. The molecule has 0 amide bonds. The van der Waals surface area contributed by atoms with Crippen LogP contribution in [0.15, 0.2) is 30.3 Å². The number of hydrogen-bond acceptors (Lipinski definition) is 2.